The highest BCUT2D eigenvalue weighted by Gasteiger charge is 2.58. The third-order valence-electron chi connectivity index (χ3n) is 7.90. The van der Waals surface area contributed by atoms with Gasteiger partial charge in [-0.2, -0.15) is 13.9 Å². The van der Waals surface area contributed by atoms with Crippen LogP contribution in [-0.4, -0.2) is 51.5 Å². The molecule has 1 saturated heterocycles. The molecule has 2 aliphatic heterocycles. The molecule has 1 N–H and O–H groups in total. The molecule has 9 nitrogen and oxygen atoms in total. The van der Waals surface area contributed by atoms with Crippen LogP contribution in [0.3, 0.4) is 0 Å². The van der Waals surface area contributed by atoms with Crippen LogP contribution >= 0.6 is 22.9 Å². The normalized spacial score (nSPS) is 21.3. The van der Waals surface area contributed by atoms with Crippen LogP contribution in [0.25, 0.3) is 5.57 Å². The Labute approximate surface area is 253 Å². The number of fused-ring (bicyclic) bond motifs is 1. The van der Waals surface area contributed by atoms with Crippen LogP contribution in [-0.2, 0) is 14.8 Å². The number of pyridine rings is 1. The van der Waals surface area contributed by atoms with Crippen molar-refractivity contribution in [3.8, 4) is 0 Å². The van der Waals surface area contributed by atoms with Gasteiger partial charge in [0.25, 0.3) is 0 Å². The number of halogens is 4. The zero-order chi connectivity index (χ0) is 29.9. The lowest BCUT2D eigenvalue weighted by Gasteiger charge is -2.32. The maximum absolute atomic E-state index is 14.1. The maximum atomic E-state index is 14.1. The van der Waals surface area contributed by atoms with Gasteiger partial charge < -0.3 is 4.90 Å². The minimum atomic E-state index is -3.86. The van der Waals surface area contributed by atoms with Crippen LogP contribution in [0, 0.1) is 5.82 Å². The van der Waals surface area contributed by atoms with E-state index in [1.165, 1.54) is 41.8 Å². The Morgan fingerprint density at radius 1 is 1.12 bits per heavy atom. The van der Waals surface area contributed by atoms with Gasteiger partial charge in [0.1, 0.15) is 16.6 Å². The highest BCUT2D eigenvalue weighted by molar-refractivity contribution is 7.90. The Morgan fingerprint density at radius 2 is 1.95 bits per heavy atom. The van der Waals surface area contributed by atoms with Crippen molar-refractivity contribution in [1.82, 2.24) is 29.4 Å². The number of hydrogen-bond acceptors (Lipinski definition) is 8. The topological polar surface area (TPSA) is 105 Å². The average Bonchev–Trinajstić information content (AvgIpc) is 3.31. The van der Waals surface area contributed by atoms with Crippen LogP contribution in [0.4, 0.5) is 13.2 Å². The summed E-state index contributed by atoms with van der Waals surface area (Å²) in [5.41, 5.74) is 2.28. The fraction of sp³-hybridized carbons (Fsp3) is 0.286. The Kier molecular flexibility index (Phi) is 6.91. The molecule has 0 spiro atoms. The van der Waals surface area contributed by atoms with Gasteiger partial charge in [0.2, 0.25) is 10.0 Å². The summed E-state index contributed by atoms with van der Waals surface area (Å²) < 4.78 is 71.2. The SMILES string of the molecule is O=S(=O)(N[C@H]1CC2=C(c3ccn(C(F)F)n3)[C@H](c3ccc(F)cc3Cl)N=C(c3nccs3)N2C1)C1(c2ccccn2)CC1. The molecule has 222 valence electrons. The van der Waals surface area contributed by atoms with Crippen molar-refractivity contribution in [3.05, 3.63) is 105 Å². The lowest BCUT2D eigenvalue weighted by atomic mass is 9.92. The van der Waals surface area contributed by atoms with Gasteiger partial charge in [-0.1, -0.05) is 23.7 Å². The molecule has 3 aliphatic rings. The highest BCUT2D eigenvalue weighted by atomic mass is 35.5. The number of benzene rings is 1. The first-order valence-corrected chi connectivity index (χ1v) is 16.1. The van der Waals surface area contributed by atoms with Gasteiger partial charge in [0, 0.05) is 64.8 Å². The summed E-state index contributed by atoms with van der Waals surface area (Å²) in [6.45, 7) is -2.65. The number of nitrogens with one attached hydrogen (secondary N) is 1. The van der Waals surface area contributed by atoms with E-state index >= 15 is 0 Å². The molecule has 1 saturated carbocycles. The molecule has 0 bridgehead atoms. The number of alkyl halides is 2. The summed E-state index contributed by atoms with van der Waals surface area (Å²) in [7, 11) is -3.86. The second kappa shape index (κ2) is 10.5. The molecule has 4 aromatic rings. The van der Waals surface area contributed by atoms with Crippen LogP contribution in [0.5, 0.6) is 0 Å². The lowest BCUT2D eigenvalue weighted by molar-refractivity contribution is 0.0564. The molecule has 0 unspecified atom stereocenters. The minimum Gasteiger partial charge on any atom is -0.326 e. The summed E-state index contributed by atoms with van der Waals surface area (Å²) in [5.74, 6) is -0.0660. The van der Waals surface area contributed by atoms with Gasteiger partial charge >= 0.3 is 6.55 Å². The van der Waals surface area contributed by atoms with Crippen LogP contribution < -0.4 is 4.72 Å². The van der Waals surface area contributed by atoms with Crippen molar-refractivity contribution >= 4 is 44.4 Å². The maximum Gasteiger partial charge on any atom is 0.333 e. The number of nitrogens with zero attached hydrogens (tertiary/aromatic N) is 6. The van der Waals surface area contributed by atoms with E-state index in [-0.39, 0.29) is 23.7 Å². The fourth-order valence-electron chi connectivity index (χ4n) is 5.77. The van der Waals surface area contributed by atoms with Gasteiger partial charge in [-0.3, -0.25) is 9.98 Å². The summed E-state index contributed by atoms with van der Waals surface area (Å²) in [4.78, 5) is 15.6. The van der Waals surface area contributed by atoms with Gasteiger partial charge in [-0.15, -0.1) is 11.3 Å². The zero-order valence-corrected chi connectivity index (χ0v) is 24.6. The summed E-state index contributed by atoms with van der Waals surface area (Å²) in [5, 5.41) is 6.60. The largest absolute Gasteiger partial charge is 0.333 e. The molecular weight excluding hydrogens is 623 g/mol. The highest BCUT2D eigenvalue weighted by Crippen LogP contribution is 2.52. The van der Waals surface area contributed by atoms with Crippen LogP contribution in [0.15, 0.2) is 77.1 Å². The quantitative estimate of drug-likeness (QED) is 0.271. The molecule has 2 atom stereocenters. The van der Waals surface area contributed by atoms with Crippen molar-refractivity contribution in [1.29, 1.82) is 0 Å². The van der Waals surface area contributed by atoms with E-state index < -0.39 is 39.2 Å². The molecule has 0 amide bonds. The predicted octanol–water partition coefficient (Wildman–Crippen LogP) is 5.52. The number of aliphatic imine (C=N–C) groups is 1. The number of amidine groups is 1. The van der Waals surface area contributed by atoms with Gasteiger partial charge in [0.05, 0.1) is 11.4 Å². The molecule has 15 heteroatoms. The molecule has 3 aromatic heterocycles. The second-order valence-corrected chi connectivity index (χ2v) is 13.8. The van der Waals surface area contributed by atoms with E-state index in [4.69, 9.17) is 16.6 Å². The average molecular weight is 646 g/mol. The smallest absolute Gasteiger partial charge is 0.326 e. The third kappa shape index (κ3) is 4.86. The van der Waals surface area contributed by atoms with Gasteiger partial charge in [0.15, 0.2) is 10.8 Å². The van der Waals surface area contributed by atoms with E-state index in [0.29, 0.717) is 50.9 Å². The van der Waals surface area contributed by atoms with Crippen molar-refractivity contribution in [2.75, 3.05) is 6.54 Å². The molecule has 1 aromatic carbocycles. The fourth-order valence-corrected chi connectivity index (χ4v) is 8.54. The predicted molar refractivity (Wildman–Crippen MR) is 156 cm³/mol. The lowest BCUT2D eigenvalue weighted by Crippen LogP contribution is -2.43. The standard InChI is InChI=1S/C28H23ClF3N7O2S2/c29-19-13-16(30)4-5-18(19)24-23(20-6-11-39(36-20)27(31)32)21-14-17(15-38(21)25(35-24)26-34-10-12-42-26)37-43(40,41)28(7-8-28)22-3-1-2-9-33-22/h1-6,9-13,17,24,27,37H,7-8,14-15H2/t17-,24-/m0/s1. The van der Waals surface area contributed by atoms with E-state index in [0.717, 1.165) is 0 Å². The van der Waals surface area contributed by atoms with Crippen molar-refractivity contribution in [3.63, 3.8) is 0 Å². The van der Waals surface area contributed by atoms with Crippen molar-refractivity contribution in [2.24, 2.45) is 4.99 Å². The Hall–Kier alpha value is -3.59. The van der Waals surface area contributed by atoms with Gasteiger partial charge in [-0.05, 0) is 43.2 Å². The van der Waals surface area contributed by atoms with Crippen molar-refractivity contribution in [2.45, 2.75) is 42.6 Å². The van der Waals surface area contributed by atoms with E-state index in [1.807, 2.05) is 4.90 Å². The molecule has 1 aliphatic carbocycles. The second-order valence-electron chi connectivity index (χ2n) is 10.5. The number of sulfonamides is 1. The summed E-state index contributed by atoms with van der Waals surface area (Å²) in [6.07, 6.45) is 5.49. The number of rotatable bonds is 8. The molecule has 5 heterocycles. The Balaban J connectivity index is 1.34. The molecule has 2 fully saturated rings. The minimum absolute atomic E-state index is 0.105. The van der Waals surface area contributed by atoms with Crippen molar-refractivity contribution < 1.29 is 21.6 Å². The molecule has 0 radical (unpaired) electrons. The monoisotopic (exact) mass is 645 g/mol. The molecule has 43 heavy (non-hydrogen) atoms. The summed E-state index contributed by atoms with van der Waals surface area (Å²) >= 11 is 7.86. The van der Waals surface area contributed by atoms with Crippen LogP contribution in [0.2, 0.25) is 5.02 Å². The summed E-state index contributed by atoms with van der Waals surface area (Å²) in [6, 6.07) is 9.17. The Morgan fingerprint density at radius 3 is 2.60 bits per heavy atom. The van der Waals surface area contributed by atoms with E-state index in [9.17, 15) is 21.6 Å². The van der Waals surface area contributed by atoms with Gasteiger partial charge in [-0.25, -0.2) is 27.2 Å². The Bertz CT molecular complexity index is 1860. The first kappa shape index (κ1) is 28.2. The number of hydrogen-bond donors (Lipinski definition) is 1. The molecular formula is C28H23ClF3N7O2S2. The number of thiazole rings is 1. The van der Waals surface area contributed by atoms with E-state index in [1.54, 1.807) is 36.0 Å². The van der Waals surface area contributed by atoms with Crippen LogP contribution in [0.1, 0.15) is 53.8 Å². The number of aromatic nitrogens is 4. The van der Waals surface area contributed by atoms with E-state index in [2.05, 4.69) is 19.8 Å². The first-order valence-electron chi connectivity index (χ1n) is 13.4. The third-order valence-corrected chi connectivity index (χ3v) is 11.3. The first-order chi connectivity index (χ1) is 20.7. The zero-order valence-electron chi connectivity index (χ0n) is 22.2. The molecule has 7 rings (SSSR count).